The molecule has 0 radical (unpaired) electrons. The molecule has 6 nitrogen and oxygen atoms in total. The van der Waals surface area contributed by atoms with Crippen LogP contribution in [0.5, 0.6) is 0 Å². The third-order valence-corrected chi connectivity index (χ3v) is 4.95. The summed E-state index contributed by atoms with van der Waals surface area (Å²) in [6.45, 7) is 2.88. The van der Waals surface area contributed by atoms with E-state index in [0.29, 0.717) is 24.3 Å². The molecular weight excluding hydrogens is 350 g/mol. The van der Waals surface area contributed by atoms with Gasteiger partial charge in [0.05, 0.1) is 17.5 Å². The molecule has 1 N–H and O–H groups in total. The number of amides is 1. The van der Waals surface area contributed by atoms with Gasteiger partial charge in [0.2, 0.25) is 10.0 Å². The molecule has 0 atom stereocenters. The van der Waals surface area contributed by atoms with Crippen molar-refractivity contribution in [2.75, 3.05) is 42.1 Å². The number of hydrogen-bond acceptors (Lipinski definition) is 4. The summed E-state index contributed by atoms with van der Waals surface area (Å²) < 4.78 is 25.6. The second-order valence-corrected chi connectivity index (χ2v) is 8.14. The minimum atomic E-state index is -3.44. The highest BCUT2D eigenvalue weighted by Gasteiger charge is 2.23. The van der Waals surface area contributed by atoms with Gasteiger partial charge in [-0.05, 0) is 30.7 Å². The van der Waals surface area contributed by atoms with Crippen LogP contribution in [0.1, 0.15) is 16.8 Å². The number of nitrogens with zero attached hydrogens (tertiary/aromatic N) is 2. The van der Waals surface area contributed by atoms with E-state index < -0.39 is 10.0 Å². The van der Waals surface area contributed by atoms with E-state index in [1.54, 1.807) is 29.2 Å². The molecule has 1 saturated heterocycles. The first kappa shape index (κ1) is 18.3. The monoisotopic (exact) mass is 373 g/mol. The maximum absolute atomic E-state index is 13.0. The lowest BCUT2D eigenvalue weighted by Crippen LogP contribution is -2.35. The molecule has 0 aliphatic carbocycles. The molecule has 2 aromatic rings. The normalized spacial score (nSPS) is 15.4. The van der Waals surface area contributed by atoms with Crippen LogP contribution in [0.3, 0.4) is 0 Å². The largest absolute Gasteiger partial charge is 0.370 e. The van der Waals surface area contributed by atoms with Crippen molar-refractivity contribution in [1.29, 1.82) is 0 Å². The molecule has 1 amide bonds. The molecule has 0 unspecified atom stereocenters. The van der Waals surface area contributed by atoms with Gasteiger partial charge in [-0.25, -0.2) is 8.42 Å². The summed E-state index contributed by atoms with van der Waals surface area (Å²) in [6.07, 6.45) is 1.94. The summed E-state index contributed by atoms with van der Waals surface area (Å²) in [7, 11) is -3.44. The molecule has 2 aromatic carbocycles. The van der Waals surface area contributed by atoms with E-state index in [4.69, 9.17) is 0 Å². The van der Waals surface area contributed by atoms with Gasteiger partial charge in [-0.3, -0.25) is 9.52 Å². The zero-order chi connectivity index (χ0) is 18.6. The Balaban J connectivity index is 1.75. The number of anilines is 2. The van der Waals surface area contributed by atoms with Crippen molar-refractivity contribution in [1.82, 2.24) is 4.90 Å². The van der Waals surface area contributed by atoms with E-state index >= 15 is 0 Å². The third-order valence-electron chi connectivity index (χ3n) is 4.36. The van der Waals surface area contributed by atoms with Crippen LogP contribution in [0.15, 0.2) is 54.6 Å². The number of nitrogens with one attached hydrogen (secondary N) is 1. The fraction of sp³-hybridized carbons (Fsp3) is 0.316. The zero-order valence-corrected chi connectivity index (χ0v) is 15.6. The van der Waals surface area contributed by atoms with Gasteiger partial charge in [-0.2, -0.15) is 0 Å². The molecule has 3 rings (SSSR count). The molecule has 0 bridgehead atoms. The Kier molecular flexibility index (Phi) is 5.46. The molecule has 26 heavy (non-hydrogen) atoms. The number of para-hydroxylation sites is 2. The topological polar surface area (TPSA) is 69.7 Å². The van der Waals surface area contributed by atoms with E-state index in [9.17, 15) is 13.2 Å². The van der Waals surface area contributed by atoms with Crippen LogP contribution in [-0.4, -0.2) is 51.7 Å². The van der Waals surface area contributed by atoms with E-state index in [2.05, 4.69) is 21.8 Å². The summed E-state index contributed by atoms with van der Waals surface area (Å²) in [5.74, 6) is -0.147. The van der Waals surface area contributed by atoms with Gasteiger partial charge in [0, 0.05) is 31.9 Å². The summed E-state index contributed by atoms with van der Waals surface area (Å²) in [6, 6.07) is 16.9. The van der Waals surface area contributed by atoms with Crippen LogP contribution in [0, 0.1) is 0 Å². The van der Waals surface area contributed by atoms with Gasteiger partial charge >= 0.3 is 0 Å². The number of rotatable bonds is 4. The minimum Gasteiger partial charge on any atom is -0.370 e. The summed E-state index contributed by atoms with van der Waals surface area (Å²) in [5, 5.41) is 0. The van der Waals surface area contributed by atoms with Gasteiger partial charge in [0.15, 0.2) is 0 Å². The second-order valence-electron chi connectivity index (χ2n) is 6.39. The highest BCUT2D eigenvalue weighted by Crippen LogP contribution is 2.21. The van der Waals surface area contributed by atoms with Crippen molar-refractivity contribution in [3.8, 4) is 0 Å². The molecule has 138 valence electrons. The quantitative estimate of drug-likeness (QED) is 0.894. The van der Waals surface area contributed by atoms with Gasteiger partial charge in [-0.1, -0.05) is 30.3 Å². The number of hydrogen-bond donors (Lipinski definition) is 1. The molecule has 1 aliphatic heterocycles. The van der Waals surface area contributed by atoms with Crippen LogP contribution in [0.25, 0.3) is 0 Å². The molecule has 1 aliphatic rings. The van der Waals surface area contributed by atoms with Gasteiger partial charge < -0.3 is 9.80 Å². The van der Waals surface area contributed by atoms with E-state index in [-0.39, 0.29) is 5.91 Å². The molecule has 7 heteroatoms. The van der Waals surface area contributed by atoms with Gasteiger partial charge in [-0.15, -0.1) is 0 Å². The fourth-order valence-corrected chi connectivity index (χ4v) is 3.72. The SMILES string of the molecule is CS(=O)(=O)Nc1ccccc1C(=O)N1CCCN(c2ccccc2)CC1. The van der Waals surface area contributed by atoms with Crippen LogP contribution >= 0.6 is 0 Å². The van der Waals surface area contributed by atoms with Crippen molar-refractivity contribution < 1.29 is 13.2 Å². The van der Waals surface area contributed by atoms with Crippen LogP contribution in [0.2, 0.25) is 0 Å². The Hall–Kier alpha value is -2.54. The van der Waals surface area contributed by atoms with Crippen LogP contribution in [-0.2, 0) is 10.0 Å². The first-order valence-corrected chi connectivity index (χ1v) is 10.5. The van der Waals surface area contributed by atoms with Gasteiger partial charge in [0.25, 0.3) is 5.91 Å². The Labute approximate surface area is 154 Å². The Morgan fingerprint density at radius 3 is 2.35 bits per heavy atom. The molecule has 0 aromatic heterocycles. The Morgan fingerprint density at radius 1 is 0.923 bits per heavy atom. The predicted octanol–water partition coefficient (Wildman–Crippen LogP) is 2.41. The number of carbonyl (C=O) groups is 1. The molecule has 0 spiro atoms. The summed E-state index contributed by atoms with van der Waals surface area (Å²) >= 11 is 0. The lowest BCUT2D eigenvalue weighted by Gasteiger charge is -2.24. The lowest BCUT2D eigenvalue weighted by molar-refractivity contribution is 0.0768. The minimum absolute atomic E-state index is 0.147. The van der Waals surface area contributed by atoms with Crippen LogP contribution < -0.4 is 9.62 Å². The standard InChI is InChI=1S/C19H23N3O3S/c1-26(24,25)20-18-11-6-5-10-17(18)19(23)22-13-7-12-21(14-15-22)16-8-3-2-4-9-16/h2-6,8-11,20H,7,12-15H2,1H3. The van der Waals surface area contributed by atoms with Gasteiger partial charge in [0.1, 0.15) is 0 Å². The summed E-state index contributed by atoms with van der Waals surface area (Å²) in [4.78, 5) is 17.0. The summed E-state index contributed by atoms with van der Waals surface area (Å²) in [5.41, 5.74) is 1.86. The smallest absolute Gasteiger partial charge is 0.256 e. The highest BCUT2D eigenvalue weighted by molar-refractivity contribution is 7.92. The Bertz CT molecular complexity index is 869. The molecule has 0 saturated carbocycles. The lowest BCUT2D eigenvalue weighted by atomic mass is 10.1. The Morgan fingerprint density at radius 2 is 1.62 bits per heavy atom. The average Bonchev–Trinajstić information content (AvgIpc) is 2.87. The van der Waals surface area contributed by atoms with Crippen molar-refractivity contribution in [3.05, 3.63) is 60.2 Å². The highest BCUT2D eigenvalue weighted by atomic mass is 32.2. The van der Waals surface area contributed by atoms with E-state index in [1.165, 1.54) is 0 Å². The number of carbonyl (C=O) groups excluding carboxylic acids is 1. The second kappa shape index (κ2) is 7.78. The first-order chi connectivity index (χ1) is 12.4. The molecule has 1 fully saturated rings. The third kappa shape index (κ3) is 4.54. The fourth-order valence-electron chi connectivity index (χ4n) is 3.15. The number of benzene rings is 2. The number of sulfonamides is 1. The van der Waals surface area contributed by atoms with E-state index in [1.807, 2.05) is 18.2 Å². The zero-order valence-electron chi connectivity index (χ0n) is 14.8. The molecular formula is C19H23N3O3S. The van der Waals surface area contributed by atoms with E-state index in [0.717, 1.165) is 31.5 Å². The molecule has 1 heterocycles. The first-order valence-electron chi connectivity index (χ1n) is 8.60. The van der Waals surface area contributed by atoms with Crippen molar-refractivity contribution in [3.63, 3.8) is 0 Å². The van der Waals surface area contributed by atoms with Crippen molar-refractivity contribution >= 4 is 27.3 Å². The van der Waals surface area contributed by atoms with Crippen molar-refractivity contribution in [2.45, 2.75) is 6.42 Å². The maximum Gasteiger partial charge on any atom is 0.256 e. The predicted molar refractivity (Wildman–Crippen MR) is 104 cm³/mol. The van der Waals surface area contributed by atoms with Crippen LogP contribution in [0.4, 0.5) is 11.4 Å². The maximum atomic E-state index is 13.0. The average molecular weight is 373 g/mol. The van der Waals surface area contributed by atoms with Crippen molar-refractivity contribution in [2.24, 2.45) is 0 Å².